The van der Waals surface area contributed by atoms with Crippen LogP contribution in [-0.4, -0.2) is 30.8 Å². The summed E-state index contributed by atoms with van der Waals surface area (Å²) in [4.78, 5) is 19.2. The van der Waals surface area contributed by atoms with Crippen LogP contribution in [0, 0.1) is 0 Å². The number of carboxylic acid groups (broad SMARTS) is 1. The van der Waals surface area contributed by atoms with Crippen LogP contribution in [0.1, 0.15) is 36.1 Å². The van der Waals surface area contributed by atoms with Gasteiger partial charge in [0.2, 0.25) is 0 Å². The summed E-state index contributed by atoms with van der Waals surface area (Å²) >= 11 is 0. The van der Waals surface area contributed by atoms with Gasteiger partial charge in [-0.1, -0.05) is 0 Å². The summed E-state index contributed by atoms with van der Waals surface area (Å²) in [5, 5.41) is 16.1. The van der Waals surface area contributed by atoms with E-state index in [4.69, 9.17) is 5.11 Å². The molecule has 0 radical (unpaired) electrons. The lowest BCUT2D eigenvalue weighted by atomic mass is 10.2. The van der Waals surface area contributed by atoms with E-state index < -0.39 is 5.97 Å². The molecule has 0 fully saturated rings. The minimum atomic E-state index is -1.01. The van der Waals surface area contributed by atoms with Gasteiger partial charge < -0.3 is 10.4 Å². The second kappa shape index (κ2) is 5.47. The van der Waals surface area contributed by atoms with Gasteiger partial charge in [-0.3, -0.25) is 0 Å². The Bertz CT molecular complexity index is 579. The molecule has 0 bridgehead atoms. The zero-order chi connectivity index (χ0) is 13.8. The van der Waals surface area contributed by atoms with E-state index in [1.165, 1.54) is 12.4 Å². The SMILES string of the molecule is CC(C)n1ncnc1CNc1ncccc1C(=O)O. The number of anilines is 1. The number of aromatic carboxylic acids is 1. The Kier molecular flexibility index (Phi) is 3.74. The number of rotatable bonds is 5. The molecule has 0 saturated carbocycles. The quantitative estimate of drug-likeness (QED) is 0.848. The fourth-order valence-electron chi connectivity index (χ4n) is 1.71. The van der Waals surface area contributed by atoms with Gasteiger partial charge in [-0.15, -0.1) is 0 Å². The Morgan fingerprint density at radius 3 is 2.95 bits per heavy atom. The minimum Gasteiger partial charge on any atom is -0.478 e. The highest BCUT2D eigenvalue weighted by Crippen LogP contribution is 2.13. The van der Waals surface area contributed by atoms with Crippen molar-refractivity contribution in [3.05, 3.63) is 36.0 Å². The van der Waals surface area contributed by atoms with Crippen LogP contribution >= 0.6 is 0 Å². The molecule has 2 N–H and O–H groups in total. The van der Waals surface area contributed by atoms with E-state index >= 15 is 0 Å². The van der Waals surface area contributed by atoms with Gasteiger partial charge in [0, 0.05) is 12.2 Å². The van der Waals surface area contributed by atoms with Crippen LogP contribution in [0.4, 0.5) is 5.82 Å². The number of nitrogens with zero attached hydrogens (tertiary/aromatic N) is 4. The van der Waals surface area contributed by atoms with Crippen molar-refractivity contribution in [2.45, 2.75) is 26.4 Å². The Labute approximate surface area is 110 Å². The summed E-state index contributed by atoms with van der Waals surface area (Å²) in [5.74, 6) is 0.0474. The number of aromatic nitrogens is 4. The van der Waals surface area contributed by atoms with Crippen LogP contribution < -0.4 is 5.32 Å². The van der Waals surface area contributed by atoms with Crippen LogP contribution in [0.25, 0.3) is 0 Å². The predicted molar refractivity (Wildman–Crippen MR) is 68.9 cm³/mol. The first-order valence-electron chi connectivity index (χ1n) is 5.90. The molecule has 7 heteroatoms. The van der Waals surface area contributed by atoms with Gasteiger partial charge in [0.25, 0.3) is 0 Å². The third-order valence-electron chi connectivity index (χ3n) is 2.59. The van der Waals surface area contributed by atoms with Crippen LogP contribution in [0.15, 0.2) is 24.7 Å². The van der Waals surface area contributed by atoms with E-state index in [0.717, 1.165) is 5.82 Å². The lowest BCUT2D eigenvalue weighted by Crippen LogP contribution is -2.14. The average Bonchev–Trinajstić information content (AvgIpc) is 2.85. The molecular weight excluding hydrogens is 246 g/mol. The molecule has 2 heterocycles. The number of carbonyl (C=O) groups is 1. The number of hydrogen-bond acceptors (Lipinski definition) is 5. The van der Waals surface area contributed by atoms with Crippen molar-refractivity contribution < 1.29 is 9.90 Å². The summed E-state index contributed by atoms with van der Waals surface area (Å²) in [6.07, 6.45) is 3.02. The first-order valence-corrected chi connectivity index (χ1v) is 5.90. The molecule has 0 aliphatic carbocycles. The topological polar surface area (TPSA) is 92.9 Å². The molecule has 2 aromatic heterocycles. The third kappa shape index (κ3) is 2.87. The lowest BCUT2D eigenvalue weighted by Gasteiger charge is -2.11. The zero-order valence-corrected chi connectivity index (χ0v) is 10.7. The minimum absolute atomic E-state index is 0.137. The van der Waals surface area contributed by atoms with Crippen LogP contribution in [0.5, 0.6) is 0 Å². The lowest BCUT2D eigenvalue weighted by molar-refractivity contribution is 0.0697. The molecule has 19 heavy (non-hydrogen) atoms. The van der Waals surface area contributed by atoms with E-state index in [9.17, 15) is 4.79 Å². The van der Waals surface area contributed by atoms with Crippen molar-refractivity contribution in [3.63, 3.8) is 0 Å². The van der Waals surface area contributed by atoms with Gasteiger partial charge in [-0.25, -0.2) is 19.4 Å². The van der Waals surface area contributed by atoms with Crippen LogP contribution in [-0.2, 0) is 6.54 Å². The first kappa shape index (κ1) is 13.0. The zero-order valence-electron chi connectivity index (χ0n) is 10.7. The fraction of sp³-hybridized carbons (Fsp3) is 0.333. The normalized spacial score (nSPS) is 10.7. The van der Waals surface area contributed by atoms with Crippen molar-refractivity contribution >= 4 is 11.8 Å². The van der Waals surface area contributed by atoms with Crippen molar-refractivity contribution in [3.8, 4) is 0 Å². The summed E-state index contributed by atoms with van der Waals surface area (Å²) in [6.45, 7) is 4.37. The fourth-order valence-corrected chi connectivity index (χ4v) is 1.71. The van der Waals surface area contributed by atoms with E-state index in [1.807, 2.05) is 13.8 Å². The van der Waals surface area contributed by atoms with E-state index in [0.29, 0.717) is 12.4 Å². The average molecular weight is 261 g/mol. The maximum Gasteiger partial charge on any atom is 0.339 e. The molecule has 7 nitrogen and oxygen atoms in total. The highest BCUT2D eigenvalue weighted by molar-refractivity contribution is 5.92. The second-order valence-corrected chi connectivity index (χ2v) is 4.27. The molecule has 0 aromatic carbocycles. The van der Waals surface area contributed by atoms with E-state index in [1.54, 1.807) is 16.9 Å². The molecular formula is C12H15N5O2. The number of hydrogen-bond donors (Lipinski definition) is 2. The monoisotopic (exact) mass is 261 g/mol. The van der Waals surface area contributed by atoms with Gasteiger partial charge in [0.1, 0.15) is 23.5 Å². The largest absolute Gasteiger partial charge is 0.478 e. The summed E-state index contributed by atoms with van der Waals surface area (Å²) in [7, 11) is 0. The molecule has 2 aromatic rings. The second-order valence-electron chi connectivity index (χ2n) is 4.27. The molecule has 0 aliphatic rings. The molecule has 0 spiro atoms. The van der Waals surface area contributed by atoms with Crippen molar-refractivity contribution in [2.24, 2.45) is 0 Å². The van der Waals surface area contributed by atoms with Gasteiger partial charge in [-0.05, 0) is 26.0 Å². The molecule has 100 valence electrons. The molecule has 0 unspecified atom stereocenters. The Hall–Kier alpha value is -2.44. The molecule has 0 aliphatic heterocycles. The highest BCUT2D eigenvalue weighted by atomic mass is 16.4. The highest BCUT2D eigenvalue weighted by Gasteiger charge is 2.12. The van der Waals surface area contributed by atoms with Gasteiger partial charge in [0.15, 0.2) is 0 Å². The Morgan fingerprint density at radius 2 is 2.26 bits per heavy atom. The smallest absolute Gasteiger partial charge is 0.339 e. The number of pyridine rings is 1. The number of carboxylic acids is 1. The summed E-state index contributed by atoms with van der Waals surface area (Å²) in [6, 6.07) is 3.29. The van der Waals surface area contributed by atoms with Gasteiger partial charge in [0.05, 0.1) is 6.54 Å². The van der Waals surface area contributed by atoms with E-state index in [2.05, 4.69) is 20.4 Å². The standard InChI is InChI=1S/C12H15N5O2/c1-8(2)17-10(15-7-16-17)6-14-11-9(12(18)19)4-3-5-13-11/h3-5,7-8H,6H2,1-2H3,(H,13,14)(H,18,19). The Morgan fingerprint density at radius 1 is 1.47 bits per heavy atom. The van der Waals surface area contributed by atoms with Crippen molar-refractivity contribution in [1.82, 2.24) is 19.7 Å². The summed E-state index contributed by atoms with van der Waals surface area (Å²) in [5.41, 5.74) is 0.137. The Balaban J connectivity index is 2.15. The third-order valence-corrected chi connectivity index (χ3v) is 2.59. The maximum atomic E-state index is 11.0. The van der Waals surface area contributed by atoms with Crippen LogP contribution in [0.3, 0.4) is 0 Å². The van der Waals surface area contributed by atoms with Gasteiger partial charge >= 0.3 is 5.97 Å². The van der Waals surface area contributed by atoms with E-state index in [-0.39, 0.29) is 11.6 Å². The summed E-state index contributed by atoms with van der Waals surface area (Å²) < 4.78 is 1.77. The van der Waals surface area contributed by atoms with Crippen molar-refractivity contribution in [1.29, 1.82) is 0 Å². The van der Waals surface area contributed by atoms with Crippen LogP contribution in [0.2, 0.25) is 0 Å². The molecule has 2 rings (SSSR count). The maximum absolute atomic E-state index is 11.0. The predicted octanol–water partition coefficient (Wildman–Crippen LogP) is 1.56. The molecule has 0 amide bonds. The first-order chi connectivity index (χ1) is 9.09. The molecule has 0 saturated heterocycles. The number of nitrogens with one attached hydrogen (secondary N) is 1. The van der Waals surface area contributed by atoms with Gasteiger partial charge in [-0.2, -0.15) is 5.10 Å². The molecule has 0 atom stereocenters. The van der Waals surface area contributed by atoms with Crippen molar-refractivity contribution in [2.75, 3.05) is 5.32 Å².